The molecule has 10 heteroatoms. The third-order valence-corrected chi connectivity index (χ3v) is 4.50. The second-order valence-electron chi connectivity index (χ2n) is 9.53. The van der Waals surface area contributed by atoms with Gasteiger partial charge >= 0.3 is 18.2 Å². The van der Waals surface area contributed by atoms with Crippen molar-refractivity contribution in [3.8, 4) is 0 Å². The van der Waals surface area contributed by atoms with Gasteiger partial charge in [-0.3, -0.25) is 0 Å². The van der Waals surface area contributed by atoms with Crippen molar-refractivity contribution in [1.29, 1.82) is 0 Å². The molecular formula is C24H29N3O7. The Morgan fingerprint density at radius 3 is 1.97 bits per heavy atom. The maximum Gasteiger partial charge on any atom is 0.436 e. The monoisotopic (exact) mass is 471 g/mol. The molecule has 2 amide bonds. The third kappa shape index (κ3) is 4.75. The molecule has 0 aliphatic carbocycles. The average molecular weight is 472 g/mol. The van der Waals surface area contributed by atoms with Crippen LogP contribution in [0.1, 0.15) is 52.9 Å². The summed E-state index contributed by atoms with van der Waals surface area (Å²) < 4.78 is 21.7. The van der Waals surface area contributed by atoms with E-state index in [1.165, 1.54) is 13.4 Å². The minimum absolute atomic E-state index is 0.126. The number of benzene rings is 1. The number of hydrogen-bond acceptors (Lipinski definition) is 8. The largest absolute Gasteiger partial charge is 0.465 e. The zero-order valence-corrected chi connectivity index (χ0v) is 20.3. The number of rotatable bonds is 3. The molecule has 0 N–H and O–H groups in total. The number of furan rings is 1. The van der Waals surface area contributed by atoms with E-state index >= 15 is 0 Å². The number of amides is 2. The highest BCUT2D eigenvalue weighted by molar-refractivity contribution is 6.09. The average Bonchev–Trinajstić information content (AvgIpc) is 3.38. The molecule has 1 aliphatic heterocycles. The molecule has 1 aromatic heterocycles. The first-order valence-electron chi connectivity index (χ1n) is 10.6. The summed E-state index contributed by atoms with van der Waals surface area (Å²) in [6, 6.07) is 11.4. The Kier molecular flexibility index (Phi) is 6.46. The molecule has 1 aromatic carbocycles. The second kappa shape index (κ2) is 8.85. The van der Waals surface area contributed by atoms with Crippen LogP contribution in [0.5, 0.6) is 0 Å². The van der Waals surface area contributed by atoms with Gasteiger partial charge in [0.25, 0.3) is 5.66 Å². The van der Waals surface area contributed by atoms with Gasteiger partial charge in [-0.05, 0) is 53.7 Å². The van der Waals surface area contributed by atoms with E-state index in [2.05, 4.69) is 4.99 Å². The zero-order chi connectivity index (χ0) is 25.3. The molecule has 0 fully saturated rings. The molecule has 182 valence electrons. The quantitative estimate of drug-likeness (QED) is 0.480. The Bertz CT molecular complexity index is 1080. The number of carbonyl (C=O) groups is 3. The van der Waals surface area contributed by atoms with Crippen LogP contribution < -0.4 is 0 Å². The predicted molar refractivity (Wildman–Crippen MR) is 122 cm³/mol. The summed E-state index contributed by atoms with van der Waals surface area (Å²) in [4.78, 5) is 45.0. The van der Waals surface area contributed by atoms with Crippen LogP contribution in [0, 0.1) is 0 Å². The number of carbonyl (C=O) groups excluding carboxylic acids is 3. The Morgan fingerprint density at radius 2 is 1.47 bits per heavy atom. The molecule has 2 aromatic rings. The van der Waals surface area contributed by atoms with Crippen LogP contribution in [-0.2, 0) is 24.7 Å². The number of aliphatic imine (C=N–C) groups is 1. The molecule has 2 heterocycles. The molecular weight excluding hydrogens is 442 g/mol. The molecule has 10 nitrogen and oxygen atoms in total. The summed E-state index contributed by atoms with van der Waals surface area (Å²) in [5.74, 6) is -0.917. The number of hydrogen-bond donors (Lipinski definition) is 0. The summed E-state index contributed by atoms with van der Waals surface area (Å²) in [5, 5.41) is 1.66. The van der Waals surface area contributed by atoms with Gasteiger partial charge < -0.3 is 18.6 Å². The first kappa shape index (κ1) is 24.8. The lowest BCUT2D eigenvalue weighted by Crippen LogP contribution is -2.60. The summed E-state index contributed by atoms with van der Waals surface area (Å²) >= 11 is 0. The Labute approximate surface area is 198 Å². The second-order valence-corrected chi connectivity index (χ2v) is 9.53. The predicted octanol–water partition coefficient (Wildman–Crippen LogP) is 4.46. The smallest absolute Gasteiger partial charge is 0.436 e. The van der Waals surface area contributed by atoms with E-state index < -0.39 is 35.0 Å². The van der Waals surface area contributed by atoms with Crippen molar-refractivity contribution in [1.82, 2.24) is 10.0 Å². The van der Waals surface area contributed by atoms with E-state index in [1.54, 1.807) is 84.0 Å². The number of methoxy groups -OCH3 is 1. The van der Waals surface area contributed by atoms with Crippen molar-refractivity contribution in [2.75, 3.05) is 7.11 Å². The van der Waals surface area contributed by atoms with E-state index in [4.69, 9.17) is 18.6 Å². The fraction of sp³-hybridized carbons (Fsp3) is 0.417. The van der Waals surface area contributed by atoms with Gasteiger partial charge in [-0.2, -0.15) is 10.0 Å². The molecule has 0 radical (unpaired) electrons. The zero-order valence-electron chi connectivity index (χ0n) is 20.3. The molecule has 0 spiro atoms. The van der Waals surface area contributed by atoms with Crippen molar-refractivity contribution in [3.63, 3.8) is 0 Å². The maximum absolute atomic E-state index is 13.6. The van der Waals surface area contributed by atoms with Gasteiger partial charge in [0, 0.05) is 5.56 Å². The summed E-state index contributed by atoms with van der Waals surface area (Å²) in [5.41, 5.74) is -3.74. The van der Waals surface area contributed by atoms with Crippen molar-refractivity contribution >= 4 is 24.0 Å². The minimum atomic E-state index is -2.13. The summed E-state index contributed by atoms with van der Waals surface area (Å²) in [6.07, 6.45) is -0.600. The molecule has 34 heavy (non-hydrogen) atoms. The van der Waals surface area contributed by atoms with E-state index in [0.29, 0.717) is 0 Å². The van der Waals surface area contributed by atoms with E-state index in [0.717, 1.165) is 10.0 Å². The van der Waals surface area contributed by atoms with Crippen LogP contribution in [0.4, 0.5) is 9.59 Å². The van der Waals surface area contributed by atoms with Gasteiger partial charge in [-0.1, -0.05) is 30.3 Å². The van der Waals surface area contributed by atoms with Crippen LogP contribution >= 0.6 is 0 Å². The van der Waals surface area contributed by atoms with Gasteiger partial charge in [-0.25, -0.2) is 19.4 Å². The molecule has 0 saturated heterocycles. The molecule has 0 bridgehead atoms. The minimum Gasteiger partial charge on any atom is -0.465 e. The fourth-order valence-electron chi connectivity index (χ4n) is 3.29. The standard InChI is InChI=1S/C24H29N3O7/c1-22(2,3)33-20(29)26-18(17-14-11-15-32-17)25-24(19(28)31-7,16-12-9-8-10-13-16)27(26)21(30)34-23(4,5)6/h8-15H,1-7H3/t24-/m1/s1. The van der Waals surface area contributed by atoms with Crippen LogP contribution in [0.15, 0.2) is 58.1 Å². The highest BCUT2D eigenvalue weighted by atomic mass is 16.6. The van der Waals surface area contributed by atoms with Crippen molar-refractivity contribution < 1.29 is 33.0 Å². The summed E-state index contributed by atoms with van der Waals surface area (Å²) in [6.45, 7) is 10.0. The Hall–Kier alpha value is -3.82. The molecule has 1 atom stereocenters. The van der Waals surface area contributed by atoms with Gasteiger partial charge in [0.15, 0.2) is 5.76 Å². The highest BCUT2D eigenvalue weighted by Crippen LogP contribution is 2.41. The van der Waals surface area contributed by atoms with Crippen LogP contribution in [0.25, 0.3) is 0 Å². The third-order valence-electron chi connectivity index (χ3n) is 4.50. The topological polar surface area (TPSA) is 111 Å². The lowest BCUT2D eigenvalue weighted by Gasteiger charge is -2.38. The van der Waals surface area contributed by atoms with E-state index in [9.17, 15) is 14.4 Å². The molecule has 0 saturated carbocycles. The lowest BCUT2D eigenvalue weighted by molar-refractivity contribution is -0.161. The van der Waals surface area contributed by atoms with Crippen molar-refractivity contribution in [2.45, 2.75) is 58.4 Å². The Balaban J connectivity index is 2.33. The lowest BCUT2D eigenvalue weighted by atomic mass is 9.99. The Morgan fingerprint density at radius 1 is 0.882 bits per heavy atom. The number of ether oxygens (including phenoxy) is 3. The van der Waals surface area contributed by atoms with Gasteiger partial charge in [0.2, 0.25) is 5.84 Å². The van der Waals surface area contributed by atoms with E-state index in [1.807, 2.05) is 0 Å². The van der Waals surface area contributed by atoms with Gasteiger partial charge in [0.1, 0.15) is 11.2 Å². The highest BCUT2D eigenvalue weighted by Gasteiger charge is 2.61. The molecule has 0 unspecified atom stereocenters. The molecule has 1 aliphatic rings. The number of nitrogens with zero attached hydrogens (tertiary/aromatic N) is 3. The first-order valence-corrected chi connectivity index (χ1v) is 10.6. The van der Waals surface area contributed by atoms with E-state index in [-0.39, 0.29) is 17.2 Å². The normalized spacial score (nSPS) is 18.4. The number of esters is 1. The van der Waals surface area contributed by atoms with Crippen molar-refractivity contribution in [2.24, 2.45) is 4.99 Å². The van der Waals surface area contributed by atoms with Crippen LogP contribution in [-0.4, -0.2) is 52.3 Å². The molecule has 3 rings (SSSR count). The van der Waals surface area contributed by atoms with Crippen LogP contribution in [0.2, 0.25) is 0 Å². The van der Waals surface area contributed by atoms with Gasteiger partial charge in [0.05, 0.1) is 13.4 Å². The van der Waals surface area contributed by atoms with Crippen molar-refractivity contribution in [3.05, 3.63) is 60.1 Å². The number of hydrazine groups is 1. The SMILES string of the molecule is COC(=O)[C@]1(c2ccccc2)N=C(c2ccco2)N(C(=O)OC(C)(C)C)N1C(=O)OC(C)(C)C. The first-order chi connectivity index (χ1) is 15.8. The fourth-order valence-corrected chi connectivity index (χ4v) is 3.29. The van der Waals surface area contributed by atoms with Crippen LogP contribution in [0.3, 0.4) is 0 Å². The maximum atomic E-state index is 13.6. The van der Waals surface area contributed by atoms with Gasteiger partial charge in [-0.15, -0.1) is 0 Å². The summed E-state index contributed by atoms with van der Waals surface area (Å²) in [7, 11) is 1.17. The number of amidine groups is 1.